The van der Waals surface area contributed by atoms with E-state index in [1.807, 2.05) is 13.0 Å². The first-order chi connectivity index (χ1) is 8.61. The number of hydrazine groups is 1. The van der Waals surface area contributed by atoms with Gasteiger partial charge in [-0.15, -0.1) is 0 Å². The van der Waals surface area contributed by atoms with Gasteiger partial charge in [-0.1, -0.05) is 22.0 Å². The molecule has 1 heterocycles. The van der Waals surface area contributed by atoms with Crippen molar-refractivity contribution in [2.75, 3.05) is 0 Å². The highest BCUT2D eigenvalue weighted by atomic mass is 79.9. The highest BCUT2D eigenvalue weighted by Crippen LogP contribution is 2.26. The second-order valence-electron chi connectivity index (χ2n) is 4.17. The minimum absolute atomic E-state index is 0.0630. The molecule has 0 aliphatic rings. The molecule has 2 nitrogen and oxygen atoms in total. The van der Waals surface area contributed by atoms with Crippen LogP contribution in [0.1, 0.15) is 22.7 Å². The number of nitrogens with one attached hydrogen (secondary N) is 1. The summed E-state index contributed by atoms with van der Waals surface area (Å²) in [5.41, 5.74) is 5.73. The van der Waals surface area contributed by atoms with Crippen LogP contribution in [0.25, 0.3) is 0 Å². The van der Waals surface area contributed by atoms with Crippen LogP contribution < -0.4 is 11.3 Å². The summed E-state index contributed by atoms with van der Waals surface area (Å²) in [6, 6.07) is 5.04. The summed E-state index contributed by atoms with van der Waals surface area (Å²) in [6.07, 6.45) is 0.535. The van der Waals surface area contributed by atoms with Crippen molar-refractivity contribution in [3.8, 4) is 0 Å². The van der Waals surface area contributed by atoms with Gasteiger partial charge in [0.2, 0.25) is 0 Å². The molecule has 0 amide bonds. The maximum atomic E-state index is 13.8. The summed E-state index contributed by atoms with van der Waals surface area (Å²) in [7, 11) is 0. The number of hydrogen-bond acceptors (Lipinski definition) is 3. The molecule has 0 saturated heterocycles. The van der Waals surface area contributed by atoms with Crippen LogP contribution in [-0.2, 0) is 6.42 Å². The molecule has 0 radical (unpaired) electrons. The lowest BCUT2D eigenvalue weighted by atomic mass is 9.99. The molecule has 0 bridgehead atoms. The third-order valence-corrected chi connectivity index (χ3v) is 4.28. The van der Waals surface area contributed by atoms with Crippen LogP contribution >= 0.6 is 27.3 Å². The highest BCUT2D eigenvalue weighted by Gasteiger charge is 2.15. The number of thiophene rings is 1. The fourth-order valence-electron chi connectivity index (χ4n) is 1.89. The Labute approximate surface area is 118 Å². The standard InChI is InChI=1S/C13H14BrFN2S/c1-8-6-18-7-11(8)13(17-16)4-9-2-3-10(14)5-12(9)15/h2-3,5-7,13,17H,4,16H2,1H3. The van der Waals surface area contributed by atoms with E-state index in [1.165, 1.54) is 11.6 Å². The second-order valence-corrected chi connectivity index (χ2v) is 5.83. The molecule has 0 spiro atoms. The van der Waals surface area contributed by atoms with Crippen LogP contribution in [0, 0.1) is 12.7 Å². The molecule has 5 heteroatoms. The summed E-state index contributed by atoms with van der Waals surface area (Å²) < 4.78 is 14.5. The largest absolute Gasteiger partial charge is 0.271 e. The van der Waals surface area contributed by atoms with E-state index in [0.29, 0.717) is 12.0 Å². The summed E-state index contributed by atoms with van der Waals surface area (Å²) in [4.78, 5) is 0. The maximum Gasteiger partial charge on any atom is 0.127 e. The Morgan fingerprint density at radius 1 is 1.44 bits per heavy atom. The first-order valence-electron chi connectivity index (χ1n) is 5.54. The topological polar surface area (TPSA) is 38.0 Å². The van der Waals surface area contributed by atoms with E-state index >= 15 is 0 Å². The fraction of sp³-hybridized carbons (Fsp3) is 0.231. The molecule has 1 unspecified atom stereocenters. The average molecular weight is 329 g/mol. The Morgan fingerprint density at radius 3 is 2.78 bits per heavy atom. The Hall–Kier alpha value is -0.750. The van der Waals surface area contributed by atoms with E-state index in [-0.39, 0.29) is 11.9 Å². The number of nitrogens with two attached hydrogens (primary N) is 1. The van der Waals surface area contributed by atoms with Crippen molar-refractivity contribution in [1.82, 2.24) is 5.43 Å². The lowest BCUT2D eigenvalue weighted by molar-refractivity contribution is 0.528. The van der Waals surface area contributed by atoms with Gasteiger partial charge in [-0.05, 0) is 52.9 Å². The monoisotopic (exact) mass is 328 g/mol. The summed E-state index contributed by atoms with van der Waals surface area (Å²) >= 11 is 4.88. The fourth-order valence-corrected chi connectivity index (χ4v) is 3.13. The Kier molecular flexibility index (Phi) is 4.50. The van der Waals surface area contributed by atoms with Crippen LogP contribution in [0.5, 0.6) is 0 Å². The third kappa shape index (κ3) is 2.98. The lowest BCUT2D eigenvalue weighted by Crippen LogP contribution is -2.30. The molecule has 3 N–H and O–H groups in total. The lowest BCUT2D eigenvalue weighted by Gasteiger charge is -2.16. The van der Waals surface area contributed by atoms with Crippen molar-refractivity contribution in [3.05, 3.63) is 55.9 Å². The van der Waals surface area contributed by atoms with Crippen molar-refractivity contribution in [3.63, 3.8) is 0 Å². The molecule has 0 saturated carbocycles. The zero-order valence-corrected chi connectivity index (χ0v) is 12.3. The number of aryl methyl sites for hydroxylation is 1. The summed E-state index contributed by atoms with van der Waals surface area (Å²) in [5, 5.41) is 4.12. The van der Waals surface area contributed by atoms with Crippen LogP contribution in [0.2, 0.25) is 0 Å². The minimum Gasteiger partial charge on any atom is -0.271 e. The zero-order valence-electron chi connectivity index (χ0n) is 9.91. The highest BCUT2D eigenvalue weighted by molar-refractivity contribution is 9.10. The quantitative estimate of drug-likeness (QED) is 0.663. The average Bonchev–Trinajstić information content (AvgIpc) is 2.75. The van der Waals surface area contributed by atoms with Gasteiger partial charge in [0.05, 0.1) is 6.04 Å². The zero-order chi connectivity index (χ0) is 13.1. The molecule has 0 aliphatic carbocycles. The van der Waals surface area contributed by atoms with E-state index in [1.54, 1.807) is 17.4 Å². The Balaban J connectivity index is 2.23. The molecule has 1 aromatic heterocycles. The van der Waals surface area contributed by atoms with Gasteiger partial charge < -0.3 is 0 Å². The second kappa shape index (κ2) is 5.93. The predicted octanol–water partition coefficient (Wildman–Crippen LogP) is 3.71. The smallest absolute Gasteiger partial charge is 0.127 e. The van der Waals surface area contributed by atoms with Gasteiger partial charge in [-0.2, -0.15) is 11.3 Å². The van der Waals surface area contributed by atoms with Gasteiger partial charge in [0.25, 0.3) is 0 Å². The van der Waals surface area contributed by atoms with Crippen LogP contribution in [0.4, 0.5) is 4.39 Å². The molecule has 2 rings (SSSR count). The first-order valence-corrected chi connectivity index (χ1v) is 7.28. The van der Waals surface area contributed by atoms with Crippen molar-refractivity contribution < 1.29 is 4.39 Å². The van der Waals surface area contributed by atoms with Crippen molar-refractivity contribution >= 4 is 27.3 Å². The summed E-state index contributed by atoms with van der Waals surface area (Å²) in [5.74, 6) is 5.37. The van der Waals surface area contributed by atoms with E-state index < -0.39 is 0 Å². The van der Waals surface area contributed by atoms with Gasteiger partial charge in [0, 0.05) is 4.47 Å². The molecule has 1 atom stereocenters. The van der Waals surface area contributed by atoms with Gasteiger partial charge in [-0.3, -0.25) is 11.3 Å². The SMILES string of the molecule is Cc1cscc1C(Cc1ccc(Br)cc1F)NN. The van der Waals surface area contributed by atoms with Gasteiger partial charge >= 0.3 is 0 Å². The molecule has 18 heavy (non-hydrogen) atoms. The molecule has 0 fully saturated rings. The van der Waals surface area contributed by atoms with E-state index in [2.05, 4.69) is 32.1 Å². The van der Waals surface area contributed by atoms with E-state index in [0.717, 1.165) is 10.0 Å². The van der Waals surface area contributed by atoms with Crippen LogP contribution in [-0.4, -0.2) is 0 Å². The first kappa shape index (κ1) is 13.7. The normalized spacial score (nSPS) is 12.7. The Bertz CT molecular complexity index is 542. The number of hydrogen-bond donors (Lipinski definition) is 2. The molecular weight excluding hydrogens is 315 g/mol. The maximum absolute atomic E-state index is 13.8. The van der Waals surface area contributed by atoms with Crippen molar-refractivity contribution in [2.45, 2.75) is 19.4 Å². The van der Waals surface area contributed by atoms with Crippen LogP contribution in [0.3, 0.4) is 0 Å². The van der Waals surface area contributed by atoms with E-state index in [9.17, 15) is 4.39 Å². The minimum atomic E-state index is -0.211. The molecule has 96 valence electrons. The van der Waals surface area contributed by atoms with Gasteiger partial charge in [-0.25, -0.2) is 4.39 Å². The van der Waals surface area contributed by atoms with E-state index in [4.69, 9.17) is 5.84 Å². The summed E-state index contributed by atoms with van der Waals surface area (Å²) in [6.45, 7) is 2.04. The molecule has 2 aromatic rings. The van der Waals surface area contributed by atoms with Gasteiger partial charge in [0.1, 0.15) is 5.82 Å². The molecular formula is C13H14BrFN2S. The van der Waals surface area contributed by atoms with Crippen molar-refractivity contribution in [1.29, 1.82) is 0 Å². The number of halogens is 2. The van der Waals surface area contributed by atoms with Gasteiger partial charge in [0.15, 0.2) is 0 Å². The number of rotatable bonds is 4. The third-order valence-electron chi connectivity index (χ3n) is 2.91. The Morgan fingerprint density at radius 2 is 2.22 bits per heavy atom. The molecule has 0 aliphatic heterocycles. The van der Waals surface area contributed by atoms with Crippen LogP contribution in [0.15, 0.2) is 33.4 Å². The number of benzene rings is 1. The molecule has 1 aromatic carbocycles. The predicted molar refractivity (Wildman–Crippen MR) is 76.9 cm³/mol. The van der Waals surface area contributed by atoms with Crippen molar-refractivity contribution in [2.24, 2.45) is 5.84 Å².